The van der Waals surface area contributed by atoms with Crippen molar-refractivity contribution in [1.29, 1.82) is 0 Å². The van der Waals surface area contributed by atoms with E-state index in [-0.39, 0.29) is 6.10 Å². The Morgan fingerprint density at radius 1 is 1.21 bits per heavy atom. The minimum atomic E-state index is -0.439. The molecule has 2 rings (SSSR count). The molecule has 19 heavy (non-hydrogen) atoms. The third-order valence-corrected chi connectivity index (χ3v) is 4.65. The Hall–Kier alpha value is -0.580. The Morgan fingerprint density at radius 3 is 2.32 bits per heavy atom. The molecule has 0 aromatic heterocycles. The van der Waals surface area contributed by atoms with E-state index in [0.29, 0.717) is 5.92 Å². The minimum Gasteiger partial charge on any atom is -0.393 e. The van der Waals surface area contributed by atoms with Crippen LogP contribution in [0.5, 0.6) is 0 Å². The van der Waals surface area contributed by atoms with Crippen LogP contribution in [0.1, 0.15) is 38.4 Å². The molecule has 1 aromatic carbocycles. The van der Waals surface area contributed by atoms with Crippen LogP contribution >= 0.6 is 15.9 Å². The monoisotopic (exact) mass is 327 g/mol. The average Bonchev–Trinajstić information content (AvgIpc) is 2.38. The summed E-state index contributed by atoms with van der Waals surface area (Å²) in [6, 6.07) is 6.03. The molecule has 0 bridgehead atoms. The van der Waals surface area contributed by atoms with Gasteiger partial charge in [-0.25, -0.2) is 0 Å². The number of nitrogens with zero attached hydrogens (tertiary/aromatic N) is 1. The van der Waals surface area contributed by atoms with Crippen LogP contribution in [-0.4, -0.2) is 29.4 Å². The number of rotatable bonds is 3. The molecule has 3 nitrogen and oxygen atoms in total. The fraction of sp³-hybridized carbons (Fsp3) is 0.600. The van der Waals surface area contributed by atoms with Crippen LogP contribution in [0.15, 0.2) is 22.7 Å². The van der Waals surface area contributed by atoms with E-state index in [2.05, 4.69) is 26.9 Å². The summed E-state index contributed by atoms with van der Waals surface area (Å²) in [5.74, 6) is 0.423. The van der Waals surface area contributed by atoms with Gasteiger partial charge in [0.15, 0.2) is 0 Å². The highest BCUT2D eigenvalue weighted by molar-refractivity contribution is 9.10. The second-order valence-corrected chi connectivity index (χ2v) is 6.31. The Balaban J connectivity index is 2.07. The smallest absolute Gasteiger partial charge is 0.0762 e. The van der Waals surface area contributed by atoms with Crippen molar-refractivity contribution in [3.8, 4) is 0 Å². The van der Waals surface area contributed by atoms with E-state index in [4.69, 9.17) is 0 Å². The first kappa shape index (κ1) is 14.8. The Bertz CT molecular complexity index is 426. The van der Waals surface area contributed by atoms with Crippen molar-refractivity contribution in [3.63, 3.8) is 0 Å². The molecule has 1 saturated heterocycles. The van der Waals surface area contributed by atoms with Crippen molar-refractivity contribution in [2.24, 2.45) is 5.92 Å². The Labute approximate surface area is 123 Å². The van der Waals surface area contributed by atoms with Gasteiger partial charge in [-0.05, 0) is 66.2 Å². The first-order valence-electron chi connectivity index (χ1n) is 6.89. The lowest BCUT2D eigenvalue weighted by molar-refractivity contribution is 0.110. The molecule has 2 atom stereocenters. The molecule has 1 aliphatic heterocycles. The fourth-order valence-corrected chi connectivity index (χ4v) is 3.31. The SMILES string of the molecule is CC(O)c1ccc(N2CCC(C(C)O)CC2)c(Br)c1. The third-order valence-electron chi connectivity index (χ3n) is 4.02. The highest BCUT2D eigenvalue weighted by Crippen LogP contribution is 2.32. The Kier molecular flexibility index (Phi) is 4.87. The summed E-state index contributed by atoms with van der Waals surface area (Å²) >= 11 is 3.59. The fourth-order valence-electron chi connectivity index (χ4n) is 2.66. The number of benzene rings is 1. The molecule has 0 radical (unpaired) electrons. The minimum absolute atomic E-state index is 0.205. The number of anilines is 1. The normalized spacial score (nSPS) is 20.4. The van der Waals surface area contributed by atoms with Crippen molar-refractivity contribution < 1.29 is 10.2 Å². The summed E-state index contributed by atoms with van der Waals surface area (Å²) in [6.07, 6.45) is 1.42. The van der Waals surface area contributed by atoms with Gasteiger partial charge in [-0.15, -0.1) is 0 Å². The highest BCUT2D eigenvalue weighted by atomic mass is 79.9. The summed E-state index contributed by atoms with van der Waals surface area (Å²) in [6.45, 7) is 5.60. The van der Waals surface area contributed by atoms with Crippen molar-refractivity contribution in [3.05, 3.63) is 28.2 Å². The van der Waals surface area contributed by atoms with Gasteiger partial charge < -0.3 is 15.1 Å². The van der Waals surface area contributed by atoms with Crippen LogP contribution in [0.2, 0.25) is 0 Å². The van der Waals surface area contributed by atoms with Gasteiger partial charge in [-0.3, -0.25) is 0 Å². The average molecular weight is 328 g/mol. The highest BCUT2D eigenvalue weighted by Gasteiger charge is 2.23. The van der Waals surface area contributed by atoms with Crippen molar-refractivity contribution in [1.82, 2.24) is 0 Å². The predicted molar refractivity (Wildman–Crippen MR) is 81.4 cm³/mol. The molecule has 0 aliphatic carbocycles. The number of aliphatic hydroxyl groups excluding tert-OH is 2. The van der Waals surface area contributed by atoms with Crippen LogP contribution < -0.4 is 4.90 Å². The summed E-state index contributed by atoms with van der Waals surface area (Å²) in [5.41, 5.74) is 2.10. The van der Waals surface area contributed by atoms with E-state index in [1.807, 2.05) is 19.1 Å². The second-order valence-electron chi connectivity index (χ2n) is 5.45. The van der Waals surface area contributed by atoms with Crippen LogP contribution in [0.4, 0.5) is 5.69 Å². The Morgan fingerprint density at radius 2 is 1.84 bits per heavy atom. The number of hydrogen-bond donors (Lipinski definition) is 2. The first-order chi connectivity index (χ1) is 8.99. The van der Waals surface area contributed by atoms with Gasteiger partial charge in [-0.1, -0.05) is 6.07 Å². The molecule has 1 fully saturated rings. The molecule has 1 aromatic rings. The molecule has 1 heterocycles. The first-order valence-corrected chi connectivity index (χ1v) is 7.69. The second kappa shape index (κ2) is 6.25. The maximum Gasteiger partial charge on any atom is 0.0762 e. The van der Waals surface area contributed by atoms with Crippen LogP contribution in [0.25, 0.3) is 0 Å². The van der Waals surface area contributed by atoms with Crippen LogP contribution in [0.3, 0.4) is 0 Å². The van der Waals surface area contributed by atoms with E-state index in [1.54, 1.807) is 6.92 Å². The maximum atomic E-state index is 9.63. The number of hydrogen-bond acceptors (Lipinski definition) is 3. The van der Waals surface area contributed by atoms with Crippen LogP contribution in [-0.2, 0) is 0 Å². The van der Waals surface area contributed by atoms with Crippen LogP contribution in [0, 0.1) is 5.92 Å². The maximum absolute atomic E-state index is 9.63. The third kappa shape index (κ3) is 3.50. The molecule has 4 heteroatoms. The molecular formula is C15H22BrNO2. The molecule has 2 unspecified atom stereocenters. The zero-order chi connectivity index (χ0) is 14.0. The summed E-state index contributed by atoms with van der Waals surface area (Å²) < 4.78 is 1.03. The van der Waals surface area contributed by atoms with Crippen molar-refractivity contribution in [2.75, 3.05) is 18.0 Å². The summed E-state index contributed by atoms with van der Waals surface area (Å²) in [5, 5.41) is 19.2. The van der Waals surface area contributed by atoms with Gasteiger partial charge in [-0.2, -0.15) is 0 Å². The number of aliphatic hydroxyl groups is 2. The molecule has 2 N–H and O–H groups in total. The standard InChI is InChI=1S/C15H22BrNO2/c1-10(18)12-5-7-17(8-6-12)15-4-3-13(11(2)19)9-14(15)16/h3-4,9-12,18-19H,5-8H2,1-2H3. The molecule has 0 saturated carbocycles. The van der Waals surface area contributed by atoms with E-state index in [9.17, 15) is 10.2 Å². The van der Waals surface area contributed by atoms with E-state index < -0.39 is 6.10 Å². The quantitative estimate of drug-likeness (QED) is 0.896. The molecule has 1 aliphatic rings. The van der Waals surface area contributed by atoms with Gasteiger partial charge in [0.25, 0.3) is 0 Å². The molecule has 0 spiro atoms. The largest absolute Gasteiger partial charge is 0.393 e. The van der Waals surface area contributed by atoms with Gasteiger partial charge in [0.05, 0.1) is 17.9 Å². The molecular weight excluding hydrogens is 306 g/mol. The lowest BCUT2D eigenvalue weighted by atomic mass is 9.92. The van der Waals surface area contributed by atoms with Gasteiger partial charge in [0.2, 0.25) is 0 Å². The van der Waals surface area contributed by atoms with Gasteiger partial charge in [0.1, 0.15) is 0 Å². The lowest BCUT2D eigenvalue weighted by Gasteiger charge is -2.35. The zero-order valence-electron chi connectivity index (χ0n) is 11.5. The van der Waals surface area contributed by atoms with Gasteiger partial charge in [0, 0.05) is 17.6 Å². The van der Waals surface area contributed by atoms with Gasteiger partial charge >= 0.3 is 0 Å². The molecule has 0 amide bonds. The zero-order valence-corrected chi connectivity index (χ0v) is 13.1. The number of piperidine rings is 1. The molecule has 106 valence electrons. The number of halogens is 1. The van der Waals surface area contributed by atoms with E-state index in [1.165, 1.54) is 5.69 Å². The van der Waals surface area contributed by atoms with E-state index >= 15 is 0 Å². The predicted octanol–water partition coefficient (Wildman–Crippen LogP) is 3.10. The van der Waals surface area contributed by atoms with Crippen molar-refractivity contribution in [2.45, 2.75) is 38.9 Å². The summed E-state index contributed by atoms with van der Waals surface area (Å²) in [4.78, 5) is 2.34. The topological polar surface area (TPSA) is 43.7 Å². The lowest BCUT2D eigenvalue weighted by Crippen LogP contribution is -2.37. The van der Waals surface area contributed by atoms with E-state index in [0.717, 1.165) is 36.0 Å². The summed E-state index contributed by atoms with van der Waals surface area (Å²) in [7, 11) is 0. The van der Waals surface area contributed by atoms with Crippen molar-refractivity contribution >= 4 is 21.6 Å².